The Morgan fingerprint density at radius 3 is 2.46 bits per heavy atom. The number of amides is 2. The molecule has 5 nitrogen and oxygen atoms in total. The number of nitrogens with zero attached hydrogens (tertiary/aromatic N) is 3. The number of carbonyl (C=O) groups is 2. The molecular formula is C20H18ClN3O2. The maximum atomic E-state index is 13.1. The Kier molecular flexibility index (Phi) is 4.04. The van der Waals surface area contributed by atoms with Crippen LogP contribution in [0.15, 0.2) is 48.5 Å². The number of carbonyl (C=O) groups excluding carboxylic acids is 2. The summed E-state index contributed by atoms with van der Waals surface area (Å²) in [4.78, 5) is 31.7. The zero-order valence-electron chi connectivity index (χ0n) is 14.5. The average Bonchev–Trinajstić information content (AvgIpc) is 3.13. The van der Waals surface area contributed by atoms with E-state index in [1.807, 2.05) is 42.7 Å². The second-order valence-corrected chi connectivity index (χ2v) is 7.18. The van der Waals surface area contributed by atoms with Crippen molar-refractivity contribution >= 4 is 40.1 Å². The van der Waals surface area contributed by atoms with Crippen LogP contribution in [0.5, 0.6) is 0 Å². The fourth-order valence-corrected chi connectivity index (χ4v) is 3.60. The van der Waals surface area contributed by atoms with Gasteiger partial charge in [0.2, 0.25) is 5.91 Å². The van der Waals surface area contributed by atoms with E-state index in [0.717, 1.165) is 16.9 Å². The number of imidazole rings is 1. The Balaban J connectivity index is 1.81. The van der Waals surface area contributed by atoms with Crippen LogP contribution in [-0.4, -0.2) is 21.4 Å². The van der Waals surface area contributed by atoms with Gasteiger partial charge in [-0.3, -0.25) is 9.59 Å². The lowest BCUT2D eigenvalue weighted by atomic mass is 10.1. The van der Waals surface area contributed by atoms with E-state index in [1.165, 1.54) is 4.90 Å². The van der Waals surface area contributed by atoms with Crippen molar-refractivity contribution in [3.05, 3.63) is 59.4 Å². The molecule has 0 N–H and O–H groups in total. The Labute approximate surface area is 156 Å². The molecule has 2 heterocycles. The van der Waals surface area contributed by atoms with Crippen LogP contribution in [0.4, 0.5) is 5.69 Å². The van der Waals surface area contributed by atoms with E-state index < -0.39 is 6.04 Å². The number of fused-ring (bicyclic) bond motifs is 1. The van der Waals surface area contributed by atoms with Gasteiger partial charge in [-0.2, -0.15) is 0 Å². The van der Waals surface area contributed by atoms with Crippen molar-refractivity contribution in [1.82, 2.24) is 9.55 Å². The molecule has 4 rings (SSSR count). The summed E-state index contributed by atoms with van der Waals surface area (Å²) in [6, 6.07) is 13.9. The SMILES string of the molecule is CC(C)c1nc2ccccc2n1C1CC(=O)N(c2ccc(Cl)cc2)C1=O. The summed E-state index contributed by atoms with van der Waals surface area (Å²) in [7, 11) is 0. The van der Waals surface area contributed by atoms with Crippen LogP contribution in [0.3, 0.4) is 0 Å². The molecule has 0 radical (unpaired) electrons. The second kappa shape index (κ2) is 6.25. The summed E-state index contributed by atoms with van der Waals surface area (Å²) in [5.74, 6) is 0.502. The molecule has 132 valence electrons. The van der Waals surface area contributed by atoms with Crippen molar-refractivity contribution < 1.29 is 9.59 Å². The summed E-state index contributed by atoms with van der Waals surface area (Å²) in [6.45, 7) is 4.08. The third kappa shape index (κ3) is 2.59. The number of hydrogen-bond acceptors (Lipinski definition) is 3. The first kappa shape index (κ1) is 16.8. The van der Waals surface area contributed by atoms with E-state index in [1.54, 1.807) is 24.3 Å². The Morgan fingerprint density at radius 2 is 1.77 bits per heavy atom. The minimum atomic E-state index is -0.581. The number of hydrogen-bond donors (Lipinski definition) is 0. The number of benzene rings is 2. The second-order valence-electron chi connectivity index (χ2n) is 6.75. The highest BCUT2D eigenvalue weighted by molar-refractivity contribution is 6.30. The van der Waals surface area contributed by atoms with Crippen molar-refractivity contribution in [2.45, 2.75) is 32.2 Å². The van der Waals surface area contributed by atoms with Gasteiger partial charge in [0.1, 0.15) is 11.9 Å². The molecule has 1 fully saturated rings. The zero-order chi connectivity index (χ0) is 18.4. The lowest BCUT2D eigenvalue weighted by molar-refractivity contribution is -0.122. The van der Waals surface area contributed by atoms with E-state index in [9.17, 15) is 9.59 Å². The third-order valence-electron chi connectivity index (χ3n) is 4.66. The van der Waals surface area contributed by atoms with Crippen LogP contribution in [0.25, 0.3) is 11.0 Å². The van der Waals surface area contributed by atoms with E-state index >= 15 is 0 Å². The first-order valence-corrected chi connectivity index (χ1v) is 8.94. The number of halogens is 1. The van der Waals surface area contributed by atoms with Crippen LogP contribution in [0.1, 0.15) is 38.1 Å². The van der Waals surface area contributed by atoms with E-state index in [4.69, 9.17) is 11.6 Å². The molecule has 0 bridgehead atoms. The maximum absolute atomic E-state index is 13.1. The Bertz CT molecular complexity index is 1010. The van der Waals surface area contributed by atoms with Crippen LogP contribution in [0.2, 0.25) is 5.02 Å². The molecular weight excluding hydrogens is 350 g/mol. The third-order valence-corrected chi connectivity index (χ3v) is 4.91. The average molecular weight is 368 g/mol. The highest BCUT2D eigenvalue weighted by Gasteiger charge is 2.42. The van der Waals surface area contributed by atoms with Gasteiger partial charge in [0.15, 0.2) is 0 Å². The molecule has 0 spiro atoms. The summed E-state index contributed by atoms with van der Waals surface area (Å²) in [5.41, 5.74) is 2.25. The van der Waals surface area contributed by atoms with Crippen molar-refractivity contribution in [3.8, 4) is 0 Å². The van der Waals surface area contributed by atoms with Gasteiger partial charge in [-0.05, 0) is 36.4 Å². The molecule has 26 heavy (non-hydrogen) atoms. The topological polar surface area (TPSA) is 55.2 Å². The van der Waals surface area contributed by atoms with Gasteiger partial charge in [-0.25, -0.2) is 9.88 Å². The van der Waals surface area contributed by atoms with Gasteiger partial charge in [-0.15, -0.1) is 0 Å². The zero-order valence-corrected chi connectivity index (χ0v) is 15.3. The van der Waals surface area contributed by atoms with E-state index in [0.29, 0.717) is 10.7 Å². The van der Waals surface area contributed by atoms with Crippen LogP contribution < -0.4 is 4.90 Å². The lowest BCUT2D eigenvalue weighted by Gasteiger charge is -2.18. The largest absolute Gasteiger partial charge is 0.315 e. The molecule has 1 atom stereocenters. The maximum Gasteiger partial charge on any atom is 0.257 e. The van der Waals surface area contributed by atoms with Gasteiger partial charge in [-0.1, -0.05) is 37.6 Å². The normalized spacial score (nSPS) is 17.7. The summed E-state index contributed by atoms with van der Waals surface area (Å²) >= 11 is 5.92. The Morgan fingerprint density at radius 1 is 1.08 bits per heavy atom. The van der Waals surface area contributed by atoms with Crippen LogP contribution in [-0.2, 0) is 9.59 Å². The molecule has 3 aromatic rings. The van der Waals surface area contributed by atoms with Crippen molar-refractivity contribution in [3.63, 3.8) is 0 Å². The first-order valence-electron chi connectivity index (χ1n) is 8.56. The number of anilines is 1. The minimum Gasteiger partial charge on any atom is -0.315 e. The highest BCUT2D eigenvalue weighted by Crippen LogP contribution is 2.35. The minimum absolute atomic E-state index is 0.127. The molecule has 6 heteroatoms. The predicted octanol–water partition coefficient (Wildman–Crippen LogP) is 4.32. The molecule has 1 saturated heterocycles. The monoisotopic (exact) mass is 367 g/mol. The fraction of sp³-hybridized carbons (Fsp3) is 0.250. The molecule has 2 aromatic carbocycles. The lowest BCUT2D eigenvalue weighted by Crippen LogP contribution is -2.31. The van der Waals surface area contributed by atoms with Gasteiger partial charge in [0.05, 0.1) is 23.1 Å². The molecule has 1 unspecified atom stereocenters. The molecule has 1 aliphatic rings. The van der Waals surface area contributed by atoms with Gasteiger partial charge < -0.3 is 4.57 Å². The number of imide groups is 1. The van der Waals surface area contributed by atoms with Gasteiger partial charge in [0.25, 0.3) is 5.91 Å². The quantitative estimate of drug-likeness (QED) is 0.648. The first-order chi connectivity index (χ1) is 12.5. The molecule has 2 amide bonds. The number of para-hydroxylation sites is 2. The van der Waals surface area contributed by atoms with Crippen molar-refractivity contribution in [1.29, 1.82) is 0 Å². The van der Waals surface area contributed by atoms with Crippen LogP contribution in [0, 0.1) is 0 Å². The summed E-state index contributed by atoms with van der Waals surface area (Å²) < 4.78 is 1.93. The summed E-state index contributed by atoms with van der Waals surface area (Å²) in [5, 5.41) is 0.562. The van der Waals surface area contributed by atoms with Crippen molar-refractivity contribution in [2.24, 2.45) is 0 Å². The van der Waals surface area contributed by atoms with Gasteiger partial charge in [0, 0.05) is 10.9 Å². The molecule has 1 aliphatic heterocycles. The smallest absolute Gasteiger partial charge is 0.257 e. The Hall–Kier alpha value is -2.66. The molecule has 0 saturated carbocycles. The van der Waals surface area contributed by atoms with E-state index in [2.05, 4.69) is 4.98 Å². The number of rotatable bonds is 3. The van der Waals surface area contributed by atoms with Crippen LogP contribution >= 0.6 is 11.6 Å². The molecule has 0 aliphatic carbocycles. The standard InChI is InChI=1S/C20H18ClN3O2/c1-12(2)19-22-15-5-3-4-6-16(15)24(19)17-11-18(25)23(20(17)26)14-9-7-13(21)8-10-14/h3-10,12,17H,11H2,1-2H3. The molecule has 1 aromatic heterocycles. The number of aromatic nitrogens is 2. The fourth-order valence-electron chi connectivity index (χ4n) is 3.48. The predicted molar refractivity (Wildman–Crippen MR) is 101 cm³/mol. The highest BCUT2D eigenvalue weighted by atomic mass is 35.5. The van der Waals surface area contributed by atoms with Gasteiger partial charge >= 0.3 is 0 Å². The van der Waals surface area contributed by atoms with Crippen molar-refractivity contribution in [2.75, 3.05) is 4.90 Å². The van der Waals surface area contributed by atoms with E-state index in [-0.39, 0.29) is 24.2 Å². The summed E-state index contributed by atoms with van der Waals surface area (Å²) in [6.07, 6.45) is 0.127.